The summed E-state index contributed by atoms with van der Waals surface area (Å²) >= 11 is 0. The fourth-order valence-electron chi connectivity index (χ4n) is 3.09. The highest BCUT2D eigenvalue weighted by atomic mass is 16.2. The van der Waals surface area contributed by atoms with Gasteiger partial charge in [-0.1, -0.05) is 54.6 Å². The molecule has 0 aliphatic carbocycles. The van der Waals surface area contributed by atoms with Gasteiger partial charge < -0.3 is 16.4 Å². The van der Waals surface area contributed by atoms with Crippen LogP contribution in [0.1, 0.15) is 34.3 Å². The first-order valence-electron chi connectivity index (χ1n) is 9.02. The van der Waals surface area contributed by atoms with Crippen molar-refractivity contribution in [1.29, 1.82) is 0 Å². The van der Waals surface area contributed by atoms with Crippen LogP contribution in [0.5, 0.6) is 0 Å². The van der Waals surface area contributed by atoms with E-state index in [2.05, 4.69) is 10.6 Å². The van der Waals surface area contributed by atoms with E-state index >= 15 is 0 Å². The van der Waals surface area contributed by atoms with Gasteiger partial charge in [0, 0.05) is 24.0 Å². The van der Waals surface area contributed by atoms with Crippen molar-refractivity contribution in [2.24, 2.45) is 5.73 Å². The number of carbonyl (C=O) groups is 4. The molecule has 1 aliphatic heterocycles. The Hall–Kier alpha value is -3.48. The molecule has 0 bridgehead atoms. The summed E-state index contributed by atoms with van der Waals surface area (Å²) in [6.07, 6.45) is 0.879. The summed E-state index contributed by atoms with van der Waals surface area (Å²) in [7, 11) is 0. The van der Waals surface area contributed by atoms with Crippen molar-refractivity contribution in [3.8, 4) is 0 Å². The van der Waals surface area contributed by atoms with Gasteiger partial charge in [-0.3, -0.25) is 19.2 Å². The Morgan fingerprint density at radius 1 is 1.04 bits per heavy atom. The van der Waals surface area contributed by atoms with Gasteiger partial charge in [-0.05, 0) is 12.0 Å². The predicted octanol–water partition coefficient (Wildman–Crippen LogP) is 0.709. The quantitative estimate of drug-likeness (QED) is 0.614. The molecule has 0 aromatic heterocycles. The smallest absolute Gasteiger partial charge is 0.243 e. The molecule has 0 unspecified atom stereocenters. The third kappa shape index (κ3) is 4.62. The third-order valence-corrected chi connectivity index (χ3v) is 4.66. The molecule has 7 nitrogen and oxygen atoms in total. The highest BCUT2D eigenvalue weighted by Gasteiger charge is 2.29. The van der Waals surface area contributed by atoms with Gasteiger partial charge in [-0.15, -0.1) is 0 Å². The molecule has 144 valence electrons. The van der Waals surface area contributed by atoms with Crippen LogP contribution >= 0.6 is 0 Å². The van der Waals surface area contributed by atoms with Gasteiger partial charge in [0.2, 0.25) is 17.7 Å². The van der Waals surface area contributed by atoms with Gasteiger partial charge in [0.1, 0.15) is 12.1 Å². The van der Waals surface area contributed by atoms with E-state index in [0.29, 0.717) is 17.5 Å². The number of carbonyl (C=O) groups excluding carboxylic acids is 4. The van der Waals surface area contributed by atoms with Crippen molar-refractivity contribution in [1.82, 2.24) is 10.6 Å². The molecule has 0 spiro atoms. The number of amides is 3. The van der Waals surface area contributed by atoms with E-state index in [1.807, 2.05) is 6.07 Å². The Balaban J connectivity index is 1.65. The molecular weight excluding hydrogens is 358 g/mol. The van der Waals surface area contributed by atoms with Crippen LogP contribution in [-0.4, -0.2) is 35.6 Å². The maximum atomic E-state index is 12.4. The first-order valence-corrected chi connectivity index (χ1v) is 9.02. The van der Waals surface area contributed by atoms with Gasteiger partial charge >= 0.3 is 0 Å². The van der Waals surface area contributed by atoms with E-state index in [4.69, 9.17) is 5.73 Å². The summed E-state index contributed by atoms with van der Waals surface area (Å²) in [4.78, 5) is 47.7. The summed E-state index contributed by atoms with van der Waals surface area (Å²) in [6, 6.07) is 14.2. The van der Waals surface area contributed by atoms with Crippen LogP contribution < -0.4 is 16.4 Å². The molecule has 2 atom stereocenters. The molecule has 0 saturated carbocycles. The van der Waals surface area contributed by atoms with Gasteiger partial charge in [0.25, 0.3) is 0 Å². The molecule has 1 aliphatic rings. The zero-order chi connectivity index (χ0) is 20.1. The molecule has 1 fully saturated rings. The number of nitrogens with two attached hydrogens (primary N) is 1. The van der Waals surface area contributed by atoms with Crippen LogP contribution in [0.2, 0.25) is 0 Å². The third-order valence-electron chi connectivity index (χ3n) is 4.66. The van der Waals surface area contributed by atoms with E-state index in [1.165, 1.54) is 0 Å². The van der Waals surface area contributed by atoms with Gasteiger partial charge in [0.15, 0.2) is 5.78 Å². The van der Waals surface area contributed by atoms with Crippen LogP contribution in [0.4, 0.5) is 0 Å². The molecular formula is C21H21N3O4. The highest BCUT2D eigenvalue weighted by molar-refractivity contribution is 6.08. The molecule has 2 aromatic rings. The van der Waals surface area contributed by atoms with E-state index in [1.54, 1.807) is 48.5 Å². The lowest BCUT2D eigenvalue weighted by molar-refractivity contribution is -0.129. The van der Waals surface area contributed by atoms with Gasteiger partial charge in [-0.25, -0.2) is 0 Å². The Bertz CT molecular complexity index is 894. The van der Waals surface area contributed by atoms with E-state index in [-0.39, 0.29) is 24.5 Å². The highest BCUT2D eigenvalue weighted by Crippen LogP contribution is 2.13. The summed E-state index contributed by atoms with van der Waals surface area (Å²) in [5, 5.41) is 5.15. The van der Waals surface area contributed by atoms with Crippen molar-refractivity contribution in [2.75, 3.05) is 0 Å². The number of ketones is 1. The maximum absolute atomic E-state index is 12.4. The Kier molecular flexibility index (Phi) is 5.84. The lowest BCUT2D eigenvalue weighted by atomic mass is 9.99. The number of hydrogen-bond acceptors (Lipinski definition) is 4. The molecule has 28 heavy (non-hydrogen) atoms. The van der Waals surface area contributed by atoms with E-state index < -0.39 is 23.9 Å². The van der Waals surface area contributed by atoms with Crippen LogP contribution in [0.3, 0.4) is 0 Å². The SMILES string of the molecule is NC(=O)[C@H](Cc1ccc(C(=O)c2ccccc2)cc1)NC(=O)[C@@H]1CCC(=O)N1. The second-order valence-corrected chi connectivity index (χ2v) is 6.72. The molecule has 3 amide bonds. The first kappa shape index (κ1) is 19.3. The second kappa shape index (κ2) is 8.47. The lowest BCUT2D eigenvalue weighted by Gasteiger charge is -2.18. The number of rotatable bonds is 7. The van der Waals surface area contributed by atoms with Crippen molar-refractivity contribution >= 4 is 23.5 Å². The molecule has 1 saturated heterocycles. The molecule has 3 rings (SSSR count). The van der Waals surface area contributed by atoms with Crippen molar-refractivity contribution in [3.63, 3.8) is 0 Å². The van der Waals surface area contributed by atoms with Crippen LogP contribution in [-0.2, 0) is 20.8 Å². The maximum Gasteiger partial charge on any atom is 0.243 e. The zero-order valence-electron chi connectivity index (χ0n) is 15.2. The van der Waals surface area contributed by atoms with E-state index in [9.17, 15) is 19.2 Å². The molecule has 1 heterocycles. The fourth-order valence-corrected chi connectivity index (χ4v) is 3.09. The van der Waals surface area contributed by atoms with Crippen LogP contribution in [0.15, 0.2) is 54.6 Å². The minimum absolute atomic E-state index is 0.0936. The monoisotopic (exact) mass is 379 g/mol. The summed E-state index contributed by atoms with van der Waals surface area (Å²) in [5.74, 6) is -1.37. The second-order valence-electron chi connectivity index (χ2n) is 6.72. The average Bonchev–Trinajstić information content (AvgIpc) is 3.14. The number of nitrogens with one attached hydrogen (secondary N) is 2. The average molecular weight is 379 g/mol. The zero-order valence-corrected chi connectivity index (χ0v) is 15.2. The predicted molar refractivity (Wildman–Crippen MR) is 102 cm³/mol. The van der Waals surface area contributed by atoms with Gasteiger partial charge in [0.05, 0.1) is 0 Å². The molecule has 0 radical (unpaired) electrons. The Labute approximate surface area is 162 Å². The molecule has 4 N–H and O–H groups in total. The summed E-state index contributed by atoms with van der Waals surface area (Å²) < 4.78 is 0. The van der Waals surface area contributed by atoms with Crippen LogP contribution in [0, 0.1) is 0 Å². The summed E-state index contributed by atoms with van der Waals surface area (Å²) in [5.41, 5.74) is 7.30. The fraction of sp³-hybridized carbons (Fsp3) is 0.238. The number of primary amides is 1. The first-order chi connectivity index (χ1) is 13.4. The number of hydrogen-bond donors (Lipinski definition) is 3. The van der Waals surface area contributed by atoms with Crippen molar-refractivity contribution in [3.05, 3.63) is 71.3 Å². The van der Waals surface area contributed by atoms with Crippen molar-refractivity contribution in [2.45, 2.75) is 31.3 Å². The van der Waals surface area contributed by atoms with Gasteiger partial charge in [-0.2, -0.15) is 0 Å². The lowest BCUT2D eigenvalue weighted by Crippen LogP contribution is -2.51. The minimum atomic E-state index is -0.902. The van der Waals surface area contributed by atoms with Crippen molar-refractivity contribution < 1.29 is 19.2 Å². The normalized spacial score (nSPS) is 16.9. The summed E-state index contributed by atoms with van der Waals surface area (Å²) in [6.45, 7) is 0. The van der Waals surface area contributed by atoms with E-state index in [0.717, 1.165) is 5.56 Å². The Morgan fingerprint density at radius 2 is 1.68 bits per heavy atom. The topological polar surface area (TPSA) is 118 Å². The standard InChI is InChI=1S/C21H21N3O4/c22-20(27)17(24-21(28)16-10-11-18(25)23-16)12-13-6-8-15(9-7-13)19(26)14-4-2-1-3-5-14/h1-9,16-17H,10-12H2,(H2,22,27)(H,23,25)(H,24,28)/t16-,17-/m0/s1. The number of benzene rings is 2. The minimum Gasteiger partial charge on any atom is -0.368 e. The molecule has 7 heteroatoms. The Morgan fingerprint density at radius 3 is 2.25 bits per heavy atom. The molecule has 2 aromatic carbocycles. The van der Waals surface area contributed by atoms with Crippen LogP contribution in [0.25, 0.3) is 0 Å². The largest absolute Gasteiger partial charge is 0.368 e.